The van der Waals surface area contributed by atoms with Crippen LogP contribution in [0.5, 0.6) is 0 Å². The summed E-state index contributed by atoms with van der Waals surface area (Å²) in [6.45, 7) is 9.26. The number of rotatable bonds is 9. The molecule has 0 aromatic carbocycles. The number of aliphatic carboxylic acids is 1. The molecule has 3 nitrogen and oxygen atoms in total. The maximum absolute atomic E-state index is 11.0. The number of unbranched alkanes of at least 4 members (excludes halogenated alkanes) is 2. The van der Waals surface area contributed by atoms with Gasteiger partial charge in [-0.25, -0.2) is 4.79 Å². The van der Waals surface area contributed by atoms with Crippen LogP contribution in [0.4, 0.5) is 0 Å². The summed E-state index contributed by atoms with van der Waals surface area (Å²) in [4.78, 5) is 11.0. The molecule has 0 rings (SSSR count). The van der Waals surface area contributed by atoms with Crippen molar-refractivity contribution in [1.82, 2.24) is 0 Å². The second-order valence-corrected chi connectivity index (χ2v) is 5.86. The third-order valence-electron chi connectivity index (χ3n) is 2.74. The van der Waals surface area contributed by atoms with Gasteiger partial charge in [0.15, 0.2) is 6.10 Å². The Kier molecular flexibility index (Phi) is 8.23. The Hall–Kier alpha value is -0.570. The van der Waals surface area contributed by atoms with Crippen LogP contribution in [0.1, 0.15) is 66.2 Å². The molecule has 0 amide bonds. The highest BCUT2D eigenvalue weighted by atomic mass is 16.5. The fourth-order valence-corrected chi connectivity index (χ4v) is 1.63. The second kappa shape index (κ2) is 8.51. The lowest BCUT2D eigenvalue weighted by Gasteiger charge is -2.18. The van der Waals surface area contributed by atoms with Gasteiger partial charge in [-0.05, 0) is 24.7 Å². The van der Waals surface area contributed by atoms with E-state index in [0.29, 0.717) is 18.4 Å². The molecule has 3 heteroatoms. The maximum Gasteiger partial charge on any atom is 0.332 e. The van der Waals surface area contributed by atoms with Crippen LogP contribution in [-0.2, 0) is 9.53 Å². The van der Waals surface area contributed by atoms with Gasteiger partial charge >= 0.3 is 5.97 Å². The lowest BCUT2D eigenvalue weighted by atomic mass is 9.89. The Labute approximate surface area is 106 Å². The van der Waals surface area contributed by atoms with Gasteiger partial charge in [-0.15, -0.1) is 0 Å². The summed E-state index contributed by atoms with van der Waals surface area (Å²) in [7, 11) is 0. The van der Waals surface area contributed by atoms with Crippen LogP contribution in [0.2, 0.25) is 0 Å². The average molecular weight is 244 g/mol. The highest BCUT2D eigenvalue weighted by Crippen LogP contribution is 2.22. The molecule has 1 N–H and O–H groups in total. The van der Waals surface area contributed by atoms with Crippen molar-refractivity contribution in [2.75, 3.05) is 6.61 Å². The summed E-state index contributed by atoms with van der Waals surface area (Å²) in [6.07, 6.45) is 5.14. The molecule has 0 aliphatic carbocycles. The first-order valence-electron chi connectivity index (χ1n) is 6.71. The van der Waals surface area contributed by atoms with Gasteiger partial charge < -0.3 is 9.84 Å². The smallest absolute Gasteiger partial charge is 0.332 e. The van der Waals surface area contributed by atoms with Gasteiger partial charge in [-0.1, -0.05) is 47.0 Å². The first kappa shape index (κ1) is 16.4. The predicted octanol–water partition coefficient (Wildman–Crippen LogP) is 3.86. The lowest BCUT2D eigenvalue weighted by molar-refractivity contribution is -0.151. The molecule has 0 aromatic rings. The number of hydrogen-bond donors (Lipinski definition) is 1. The number of carbonyl (C=O) groups is 1. The van der Waals surface area contributed by atoms with Crippen LogP contribution in [0.15, 0.2) is 0 Å². The Morgan fingerprint density at radius 3 is 2.35 bits per heavy atom. The minimum Gasteiger partial charge on any atom is -0.479 e. The quantitative estimate of drug-likeness (QED) is 0.626. The topological polar surface area (TPSA) is 46.5 Å². The molecule has 0 bridgehead atoms. The summed E-state index contributed by atoms with van der Waals surface area (Å²) < 4.78 is 5.38. The average Bonchev–Trinajstić information content (AvgIpc) is 2.19. The molecule has 17 heavy (non-hydrogen) atoms. The van der Waals surface area contributed by atoms with E-state index in [4.69, 9.17) is 9.84 Å². The van der Waals surface area contributed by atoms with Gasteiger partial charge in [0.2, 0.25) is 0 Å². The zero-order valence-electron chi connectivity index (χ0n) is 11.8. The van der Waals surface area contributed by atoms with Crippen LogP contribution >= 0.6 is 0 Å². The fraction of sp³-hybridized carbons (Fsp3) is 0.929. The normalized spacial score (nSPS) is 13.6. The molecular weight excluding hydrogens is 216 g/mol. The molecule has 0 spiro atoms. The molecule has 0 aromatic heterocycles. The summed E-state index contributed by atoms with van der Waals surface area (Å²) in [6, 6.07) is 0. The van der Waals surface area contributed by atoms with Crippen molar-refractivity contribution in [3.8, 4) is 0 Å². The lowest BCUT2D eigenvalue weighted by Crippen LogP contribution is -2.24. The van der Waals surface area contributed by atoms with Crippen molar-refractivity contribution < 1.29 is 14.6 Å². The van der Waals surface area contributed by atoms with E-state index in [2.05, 4.69) is 27.7 Å². The largest absolute Gasteiger partial charge is 0.479 e. The number of carboxylic acid groups (broad SMARTS) is 1. The highest BCUT2D eigenvalue weighted by molar-refractivity contribution is 5.72. The zero-order chi connectivity index (χ0) is 13.3. The number of hydrogen-bond acceptors (Lipinski definition) is 2. The van der Waals surface area contributed by atoms with Crippen molar-refractivity contribution in [2.24, 2.45) is 5.41 Å². The third-order valence-corrected chi connectivity index (χ3v) is 2.74. The molecule has 102 valence electrons. The summed E-state index contributed by atoms with van der Waals surface area (Å²) in [5.41, 5.74) is 0.335. The minimum atomic E-state index is -0.822. The van der Waals surface area contributed by atoms with Gasteiger partial charge in [-0.3, -0.25) is 0 Å². The van der Waals surface area contributed by atoms with Crippen LogP contribution in [0, 0.1) is 5.41 Å². The predicted molar refractivity (Wildman–Crippen MR) is 70.2 cm³/mol. The summed E-state index contributed by atoms with van der Waals surface area (Å²) in [5, 5.41) is 9.01. The molecule has 1 atom stereocenters. The second-order valence-electron chi connectivity index (χ2n) is 5.86. The molecular formula is C14H28O3. The monoisotopic (exact) mass is 244 g/mol. The highest BCUT2D eigenvalue weighted by Gasteiger charge is 2.18. The Morgan fingerprint density at radius 2 is 1.88 bits per heavy atom. The summed E-state index contributed by atoms with van der Waals surface area (Å²) >= 11 is 0. The van der Waals surface area contributed by atoms with Crippen molar-refractivity contribution >= 4 is 5.97 Å². The standard InChI is InChI=1S/C14H28O3/c1-5-6-11-17-12(13(15)16)9-7-8-10-14(2,3)4/h12H,5-11H2,1-4H3,(H,15,16). The van der Waals surface area contributed by atoms with E-state index in [1.54, 1.807) is 0 Å². The molecule has 1 unspecified atom stereocenters. The SMILES string of the molecule is CCCCOC(CCCCC(C)(C)C)C(=O)O. The van der Waals surface area contributed by atoms with Crippen molar-refractivity contribution in [2.45, 2.75) is 72.3 Å². The molecule has 0 fully saturated rings. The van der Waals surface area contributed by atoms with Gasteiger partial charge in [0, 0.05) is 6.61 Å². The van der Waals surface area contributed by atoms with E-state index in [0.717, 1.165) is 32.1 Å². The Bertz CT molecular complexity index is 206. The van der Waals surface area contributed by atoms with Gasteiger partial charge in [0.25, 0.3) is 0 Å². The number of ether oxygens (including phenoxy) is 1. The molecule has 0 saturated heterocycles. The number of carboxylic acids is 1. The third kappa shape index (κ3) is 10.3. The van der Waals surface area contributed by atoms with E-state index in [1.165, 1.54) is 0 Å². The molecule has 0 aliphatic heterocycles. The Morgan fingerprint density at radius 1 is 1.24 bits per heavy atom. The minimum absolute atomic E-state index is 0.335. The molecule has 0 heterocycles. The van der Waals surface area contributed by atoms with E-state index < -0.39 is 12.1 Å². The Balaban J connectivity index is 3.74. The van der Waals surface area contributed by atoms with Crippen molar-refractivity contribution in [3.63, 3.8) is 0 Å². The first-order chi connectivity index (χ1) is 7.87. The maximum atomic E-state index is 11.0. The van der Waals surface area contributed by atoms with Gasteiger partial charge in [0.1, 0.15) is 0 Å². The van der Waals surface area contributed by atoms with Crippen molar-refractivity contribution in [3.05, 3.63) is 0 Å². The van der Waals surface area contributed by atoms with E-state index in [9.17, 15) is 4.79 Å². The van der Waals surface area contributed by atoms with E-state index in [1.807, 2.05) is 0 Å². The van der Waals surface area contributed by atoms with Crippen LogP contribution in [0.3, 0.4) is 0 Å². The van der Waals surface area contributed by atoms with Gasteiger partial charge in [0.05, 0.1) is 0 Å². The molecule has 0 radical (unpaired) electrons. The first-order valence-corrected chi connectivity index (χ1v) is 6.71. The van der Waals surface area contributed by atoms with E-state index >= 15 is 0 Å². The zero-order valence-corrected chi connectivity index (χ0v) is 11.8. The van der Waals surface area contributed by atoms with Gasteiger partial charge in [-0.2, -0.15) is 0 Å². The van der Waals surface area contributed by atoms with Crippen LogP contribution in [-0.4, -0.2) is 23.8 Å². The van der Waals surface area contributed by atoms with Crippen molar-refractivity contribution in [1.29, 1.82) is 0 Å². The summed E-state index contributed by atoms with van der Waals surface area (Å²) in [5.74, 6) is -0.822. The molecule has 0 aliphatic rings. The van der Waals surface area contributed by atoms with E-state index in [-0.39, 0.29) is 0 Å². The molecule has 0 saturated carbocycles. The fourth-order valence-electron chi connectivity index (χ4n) is 1.63. The van der Waals surface area contributed by atoms with Crippen LogP contribution < -0.4 is 0 Å². The van der Waals surface area contributed by atoms with Crippen LogP contribution in [0.25, 0.3) is 0 Å².